The van der Waals surface area contributed by atoms with Gasteiger partial charge in [-0.15, -0.1) is 0 Å². The normalized spacial score (nSPS) is 23.8. The smallest absolute Gasteiger partial charge is 0.327 e. The largest absolute Gasteiger partial charge is 0.350 e. The maximum atomic E-state index is 14.1. The van der Waals surface area contributed by atoms with Crippen LogP contribution in [-0.2, 0) is 4.57 Å². The minimum atomic E-state index is -4.80. The van der Waals surface area contributed by atoms with Gasteiger partial charge in [0.25, 0.3) is 0 Å². The van der Waals surface area contributed by atoms with Crippen molar-refractivity contribution in [2.75, 3.05) is 25.0 Å². The van der Waals surface area contributed by atoms with Gasteiger partial charge in [0, 0.05) is 20.1 Å². The Hall–Kier alpha value is -2.87. The number of fused-ring (bicyclic) bond motifs is 2. The van der Waals surface area contributed by atoms with E-state index in [9.17, 15) is 23.9 Å². The Kier molecular flexibility index (Phi) is 7.80. The molecule has 1 saturated carbocycles. The van der Waals surface area contributed by atoms with Gasteiger partial charge >= 0.3 is 19.7 Å². The highest BCUT2D eigenvalue weighted by Crippen LogP contribution is 2.52. The summed E-state index contributed by atoms with van der Waals surface area (Å²) in [6.07, 6.45) is 6.85. The molecule has 5 rings (SSSR count). The molecular weight excluding hydrogens is 503 g/mol. The van der Waals surface area contributed by atoms with Crippen molar-refractivity contribution in [1.29, 1.82) is 0 Å². The van der Waals surface area contributed by atoms with Crippen LogP contribution in [0.5, 0.6) is 0 Å². The maximum absolute atomic E-state index is 14.1. The lowest BCUT2D eigenvalue weighted by Gasteiger charge is -2.48. The first-order chi connectivity index (χ1) is 18.3. The van der Waals surface area contributed by atoms with Gasteiger partial charge in [0.05, 0.1) is 23.5 Å². The summed E-state index contributed by atoms with van der Waals surface area (Å²) in [6, 6.07) is 16.4. The van der Waals surface area contributed by atoms with E-state index in [4.69, 9.17) is 0 Å². The van der Waals surface area contributed by atoms with Crippen LogP contribution in [0.1, 0.15) is 44.9 Å². The third-order valence-electron chi connectivity index (χ3n) is 8.23. The summed E-state index contributed by atoms with van der Waals surface area (Å²) >= 11 is 0. The summed E-state index contributed by atoms with van der Waals surface area (Å²) in [7, 11) is -3.01. The van der Waals surface area contributed by atoms with E-state index in [-0.39, 0.29) is 18.6 Å². The quantitative estimate of drug-likeness (QED) is 0.506. The standard InChI is InChI=1S/C28H37N4O5P/c1-29(19-21-11-5-2-6-12-21)27(33)32-24-17-18-25(32)26(38(35,36)37)30(20-24)28(34)31(22-13-7-3-8-14-22)23-15-9-4-10-16-23/h3-4,7-10,13-16,21,24-26H,2,5-6,11-12,17-20H2,1H3,(H2,35,36,37)/t24-,25+,26+/m0/s1. The van der Waals surface area contributed by atoms with Crippen LogP contribution in [0.15, 0.2) is 60.7 Å². The number of hydrogen-bond donors (Lipinski definition) is 2. The molecular formula is C28H37N4O5P. The average Bonchev–Trinajstić information content (AvgIpc) is 3.20. The van der Waals surface area contributed by atoms with E-state index in [1.807, 2.05) is 36.4 Å². The zero-order chi connectivity index (χ0) is 26.9. The van der Waals surface area contributed by atoms with Gasteiger partial charge in [0.1, 0.15) is 0 Å². The fourth-order valence-corrected chi connectivity index (χ4v) is 7.80. The van der Waals surface area contributed by atoms with Crippen molar-refractivity contribution in [3.63, 3.8) is 0 Å². The Labute approximate surface area is 224 Å². The molecule has 2 saturated heterocycles. The van der Waals surface area contributed by atoms with Crippen LogP contribution in [0, 0.1) is 5.92 Å². The molecule has 0 aromatic heterocycles. The fraction of sp³-hybridized carbons (Fsp3) is 0.500. The van der Waals surface area contributed by atoms with E-state index < -0.39 is 25.5 Å². The highest BCUT2D eigenvalue weighted by atomic mass is 31.2. The van der Waals surface area contributed by atoms with E-state index in [0.717, 1.165) is 12.8 Å². The molecule has 2 N–H and O–H groups in total. The van der Waals surface area contributed by atoms with Crippen molar-refractivity contribution < 1.29 is 23.9 Å². The SMILES string of the molecule is CN(CC1CCCCC1)C(=O)N1[C@H]2CC[C@@H]1[C@@H](P(=O)(O)O)N(C(=O)N(c1ccccc1)c1ccccc1)C2. The van der Waals surface area contributed by atoms with Crippen molar-refractivity contribution >= 4 is 31.0 Å². The Morgan fingerprint density at radius 2 is 1.45 bits per heavy atom. The molecule has 2 heterocycles. The van der Waals surface area contributed by atoms with Gasteiger partial charge in [0.2, 0.25) is 0 Å². The van der Waals surface area contributed by atoms with Crippen LogP contribution in [0.25, 0.3) is 0 Å². The summed E-state index contributed by atoms with van der Waals surface area (Å²) < 4.78 is 13.0. The van der Waals surface area contributed by atoms with E-state index in [2.05, 4.69) is 0 Å². The van der Waals surface area contributed by atoms with Crippen LogP contribution in [0.4, 0.5) is 21.0 Å². The van der Waals surface area contributed by atoms with E-state index in [1.54, 1.807) is 41.1 Å². The summed E-state index contributed by atoms with van der Waals surface area (Å²) in [4.78, 5) is 55.1. The first kappa shape index (κ1) is 26.7. The average molecular weight is 541 g/mol. The number of carbonyl (C=O) groups excluding carboxylic acids is 2. The monoisotopic (exact) mass is 540 g/mol. The number of hydrogen-bond acceptors (Lipinski definition) is 3. The number of rotatable bonds is 5. The fourth-order valence-electron chi connectivity index (χ4n) is 6.51. The predicted octanol–water partition coefficient (Wildman–Crippen LogP) is 5.23. The summed E-state index contributed by atoms with van der Waals surface area (Å²) in [5.41, 5.74) is 1.21. The van der Waals surface area contributed by atoms with Crippen LogP contribution in [0.2, 0.25) is 0 Å². The predicted molar refractivity (Wildman–Crippen MR) is 146 cm³/mol. The topological polar surface area (TPSA) is 105 Å². The van der Waals surface area contributed by atoms with Gasteiger partial charge in [-0.25, -0.2) is 9.59 Å². The van der Waals surface area contributed by atoms with Gasteiger partial charge in [-0.2, -0.15) is 0 Å². The number of likely N-dealkylation sites (tertiary alicyclic amines) is 1. The molecule has 38 heavy (non-hydrogen) atoms. The van der Waals surface area contributed by atoms with Crippen molar-refractivity contribution in [2.45, 2.75) is 62.8 Å². The molecule has 3 fully saturated rings. The minimum absolute atomic E-state index is 0.0737. The maximum Gasteiger partial charge on any atom is 0.350 e. The molecule has 0 radical (unpaired) electrons. The molecule has 2 aliphatic heterocycles. The Balaban J connectivity index is 1.43. The molecule has 2 aromatic rings. The molecule has 4 amide bonds. The van der Waals surface area contributed by atoms with E-state index >= 15 is 0 Å². The molecule has 3 aliphatic rings. The van der Waals surface area contributed by atoms with Gasteiger partial charge in [-0.1, -0.05) is 55.7 Å². The van der Waals surface area contributed by atoms with Crippen molar-refractivity contribution in [3.8, 4) is 0 Å². The third kappa shape index (κ3) is 5.33. The lowest BCUT2D eigenvalue weighted by Crippen LogP contribution is -2.65. The molecule has 3 atom stereocenters. The summed E-state index contributed by atoms with van der Waals surface area (Å²) in [5.74, 6) is -0.947. The van der Waals surface area contributed by atoms with Crippen molar-refractivity contribution in [3.05, 3.63) is 60.7 Å². The van der Waals surface area contributed by atoms with E-state index in [0.29, 0.717) is 36.7 Å². The highest BCUT2D eigenvalue weighted by molar-refractivity contribution is 7.52. The first-order valence-electron chi connectivity index (χ1n) is 13.5. The number of anilines is 2. The zero-order valence-corrected chi connectivity index (χ0v) is 22.7. The minimum Gasteiger partial charge on any atom is -0.327 e. The van der Waals surface area contributed by atoms with Crippen LogP contribution >= 0.6 is 7.60 Å². The van der Waals surface area contributed by atoms with Gasteiger partial charge < -0.3 is 24.5 Å². The second kappa shape index (κ2) is 11.1. The van der Waals surface area contributed by atoms with E-state index in [1.165, 1.54) is 29.1 Å². The Morgan fingerprint density at radius 1 is 0.868 bits per heavy atom. The summed E-state index contributed by atoms with van der Waals surface area (Å²) in [5, 5.41) is 0. The number of amides is 4. The molecule has 0 unspecified atom stereocenters. The number of benzene rings is 2. The summed E-state index contributed by atoms with van der Waals surface area (Å²) in [6.45, 7) is 0.720. The number of para-hydroxylation sites is 2. The number of urea groups is 2. The van der Waals surface area contributed by atoms with Crippen LogP contribution in [0.3, 0.4) is 0 Å². The van der Waals surface area contributed by atoms with Crippen molar-refractivity contribution in [2.24, 2.45) is 5.92 Å². The molecule has 2 aromatic carbocycles. The molecule has 0 spiro atoms. The zero-order valence-electron chi connectivity index (χ0n) is 21.8. The lowest BCUT2D eigenvalue weighted by atomic mass is 9.89. The number of nitrogens with zero attached hydrogens (tertiary/aromatic N) is 4. The van der Waals surface area contributed by atoms with Crippen molar-refractivity contribution in [1.82, 2.24) is 14.7 Å². The molecule has 9 nitrogen and oxygen atoms in total. The third-order valence-corrected chi connectivity index (χ3v) is 9.54. The molecule has 1 aliphatic carbocycles. The lowest BCUT2D eigenvalue weighted by molar-refractivity contribution is 0.0634. The first-order valence-corrected chi connectivity index (χ1v) is 15.2. The van der Waals surface area contributed by atoms with Gasteiger partial charge in [0.15, 0.2) is 5.78 Å². The Morgan fingerprint density at radius 3 is 2.00 bits per heavy atom. The number of carbonyl (C=O) groups is 2. The molecule has 2 bridgehead atoms. The second-order valence-corrected chi connectivity index (χ2v) is 12.5. The molecule has 10 heteroatoms. The van der Waals surface area contributed by atoms with Crippen LogP contribution < -0.4 is 4.90 Å². The van der Waals surface area contributed by atoms with Gasteiger partial charge in [-0.05, 0) is 55.9 Å². The highest BCUT2D eigenvalue weighted by Gasteiger charge is 2.57. The Bertz CT molecular complexity index is 1130. The second-order valence-electron chi connectivity index (χ2n) is 10.8. The molecule has 204 valence electrons. The number of piperazine rings is 1. The van der Waals surface area contributed by atoms with Gasteiger partial charge in [-0.3, -0.25) is 9.46 Å². The van der Waals surface area contributed by atoms with Crippen LogP contribution in [-0.4, -0.2) is 74.6 Å².